The number of unbranched alkanes of at least 4 members (excludes halogenated alkanes) is 1. The molecule has 0 radical (unpaired) electrons. The second kappa shape index (κ2) is 10.7. The van der Waals surface area contributed by atoms with E-state index in [1.54, 1.807) is 24.5 Å². The van der Waals surface area contributed by atoms with E-state index in [0.29, 0.717) is 23.1 Å². The second-order valence-electron chi connectivity index (χ2n) is 8.00. The van der Waals surface area contributed by atoms with Crippen LogP contribution >= 0.6 is 0 Å². The summed E-state index contributed by atoms with van der Waals surface area (Å²) >= 11 is 0. The molecule has 2 heterocycles. The smallest absolute Gasteiger partial charge is 0.336 e. The number of benzene rings is 2. The molecule has 0 spiro atoms. The van der Waals surface area contributed by atoms with Gasteiger partial charge in [-0.1, -0.05) is 36.4 Å². The number of nitrogens with one attached hydrogen (secondary N) is 1. The fourth-order valence-corrected chi connectivity index (χ4v) is 3.88. The number of aromatic nitrogens is 2. The van der Waals surface area contributed by atoms with E-state index >= 15 is 0 Å². The molecule has 2 aromatic carbocycles. The van der Waals surface area contributed by atoms with Crippen LogP contribution in [0.25, 0.3) is 22.2 Å². The molecule has 6 heteroatoms. The Labute approximate surface area is 193 Å². The maximum atomic E-state index is 11.7. The van der Waals surface area contributed by atoms with Crippen LogP contribution in [0.2, 0.25) is 0 Å². The number of anilines is 1. The third-order valence-electron chi connectivity index (χ3n) is 5.67. The van der Waals surface area contributed by atoms with Gasteiger partial charge in [-0.3, -0.25) is 4.98 Å². The highest BCUT2D eigenvalue weighted by atomic mass is 16.4. The minimum absolute atomic E-state index is 0.128. The number of hydrogen-bond donors (Lipinski definition) is 3. The van der Waals surface area contributed by atoms with E-state index < -0.39 is 5.97 Å². The lowest BCUT2D eigenvalue weighted by Gasteiger charge is -2.08. The SMILES string of the molecule is O=C(O)c1cc(-c2ccc(CCCCc3ccc(NCCO)cc3)cc2)nc2ccncc12. The number of rotatable bonds is 10. The van der Waals surface area contributed by atoms with Crippen molar-refractivity contribution in [3.8, 4) is 11.3 Å². The molecular weight excluding hydrogens is 414 g/mol. The van der Waals surface area contributed by atoms with Crippen LogP contribution in [0.1, 0.15) is 34.3 Å². The molecule has 4 rings (SSSR count). The summed E-state index contributed by atoms with van der Waals surface area (Å²) in [6, 6.07) is 19.9. The van der Waals surface area contributed by atoms with E-state index in [1.165, 1.54) is 11.1 Å². The van der Waals surface area contributed by atoms with E-state index in [4.69, 9.17) is 5.11 Å². The first-order chi connectivity index (χ1) is 16.1. The van der Waals surface area contributed by atoms with Gasteiger partial charge < -0.3 is 15.5 Å². The van der Waals surface area contributed by atoms with Gasteiger partial charge in [0, 0.05) is 35.6 Å². The third kappa shape index (κ3) is 5.73. The Kier molecular flexibility index (Phi) is 7.27. The summed E-state index contributed by atoms with van der Waals surface area (Å²) in [5, 5.41) is 22.2. The molecule has 0 unspecified atom stereocenters. The molecule has 6 nitrogen and oxygen atoms in total. The first-order valence-electron chi connectivity index (χ1n) is 11.1. The van der Waals surface area contributed by atoms with Gasteiger partial charge in [-0.05, 0) is 61.1 Å². The Hall–Kier alpha value is -3.77. The highest BCUT2D eigenvalue weighted by Crippen LogP contribution is 2.25. The van der Waals surface area contributed by atoms with E-state index in [0.717, 1.165) is 36.9 Å². The van der Waals surface area contributed by atoms with Crippen molar-refractivity contribution in [2.45, 2.75) is 25.7 Å². The molecule has 0 aliphatic heterocycles. The summed E-state index contributed by atoms with van der Waals surface area (Å²) in [5.74, 6) is -0.982. The number of carboxylic acids is 1. The van der Waals surface area contributed by atoms with Crippen LogP contribution in [0.4, 0.5) is 5.69 Å². The number of aliphatic hydroxyl groups excluding tert-OH is 1. The van der Waals surface area contributed by atoms with Gasteiger partial charge in [-0.25, -0.2) is 9.78 Å². The number of aromatic carboxylic acids is 1. The normalized spacial score (nSPS) is 10.9. The molecule has 0 atom stereocenters. The second-order valence-corrected chi connectivity index (χ2v) is 8.00. The van der Waals surface area contributed by atoms with Crippen molar-refractivity contribution in [1.82, 2.24) is 9.97 Å². The number of aryl methyl sites for hydroxylation is 2. The lowest BCUT2D eigenvalue weighted by molar-refractivity contribution is 0.0699. The highest BCUT2D eigenvalue weighted by Gasteiger charge is 2.13. The Morgan fingerprint density at radius 3 is 2.21 bits per heavy atom. The van der Waals surface area contributed by atoms with Crippen LogP contribution < -0.4 is 5.32 Å². The van der Waals surface area contributed by atoms with Crippen molar-refractivity contribution in [1.29, 1.82) is 0 Å². The molecule has 0 saturated heterocycles. The lowest BCUT2D eigenvalue weighted by atomic mass is 10.0. The van der Waals surface area contributed by atoms with Gasteiger partial charge >= 0.3 is 5.97 Å². The van der Waals surface area contributed by atoms with E-state index in [1.807, 2.05) is 12.1 Å². The number of carboxylic acid groups (broad SMARTS) is 1. The van der Waals surface area contributed by atoms with Crippen LogP contribution in [0, 0.1) is 0 Å². The largest absolute Gasteiger partial charge is 0.478 e. The summed E-state index contributed by atoms with van der Waals surface area (Å²) in [6.07, 6.45) is 7.39. The van der Waals surface area contributed by atoms with Gasteiger partial charge in [0.05, 0.1) is 23.4 Å². The molecule has 0 aliphatic rings. The molecule has 33 heavy (non-hydrogen) atoms. The predicted molar refractivity (Wildman–Crippen MR) is 131 cm³/mol. The van der Waals surface area contributed by atoms with Gasteiger partial charge in [0.15, 0.2) is 0 Å². The molecule has 0 aliphatic carbocycles. The van der Waals surface area contributed by atoms with Crippen molar-refractivity contribution in [2.75, 3.05) is 18.5 Å². The van der Waals surface area contributed by atoms with Gasteiger partial charge in [-0.15, -0.1) is 0 Å². The molecule has 0 fully saturated rings. The van der Waals surface area contributed by atoms with Crippen LogP contribution in [0.15, 0.2) is 73.1 Å². The minimum Gasteiger partial charge on any atom is -0.478 e. The maximum Gasteiger partial charge on any atom is 0.336 e. The number of pyridine rings is 2. The zero-order chi connectivity index (χ0) is 23.0. The zero-order valence-corrected chi connectivity index (χ0v) is 18.4. The molecule has 3 N–H and O–H groups in total. The Morgan fingerprint density at radius 2 is 1.58 bits per heavy atom. The fraction of sp³-hybridized carbons (Fsp3) is 0.222. The number of fused-ring (bicyclic) bond motifs is 1. The van der Waals surface area contributed by atoms with Crippen molar-refractivity contribution >= 4 is 22.6 Å². The summed E-state index contributed by atoms with van der Waals surface area (Å²) < 4.78 is 0. The van der Waals surface area contributed by atoms with Crippen LogP contribution in [-0.2, 0) is 12.8 Å². The quantitative estimate of drug-likeness (QED) is 0.301. The predicted octanol–water partition coefficient (Wildman–Crippen LogP) is 4.96. The maximum absolute atomic E-state index is 11.7. The summed E-state index contributed by atoms with van der Waals surface area (Å²) in [5.41, 5.74) is 5.98. The number of nitrogens with zero attached hydrogens (tertiary/aromatic N) is 2. The number of carbonyl (C=O) groups is 1. The van der Waals surface area contributed by atoms with Gasteiger partial charge in [0.1, 0.15) is 0 Å². The van der Waals surface area contributed by atoms with E-state index in [9.17, 15) is 9.90 Å². The molecule has 2 aromatic heterocycles. The zero-order valence-electron chi connectivity index (χ0n) is 18.4. The summed E-state index contributed by atoms with van der Waals surface area (Å²) in [7, 11) is 0. The van der Waals surface area contributed by atoms with Crippen LogP contribution in [0.5, 0.6) is 0 Å². The third-order valence-corrected chi connectivity index (χ3v) is 5.67. The van der Waals surface area contributed by atoms with Crippen LogP contribution in [-0.4, -0.2) is 39.3 Å². The Bertz CT molecular complexity index is 1220. The summed E-state index contributed by atoms with van der Waals surface area (Å²) in [4.78, 5) is 20.3. The molecule has 168 valence electrons. The standard InChI is InChI=1S/C27H27N3O3/c31-16-15-29-22-11-7-20(8-12-22)4-2-1-3-19-5-9-21(10-6-19)26-17-23(27(32)33)24-18-28-14-13-25(24)30-26/h5-14,17-18,29,31H,1-4,15-16H2,(H,32,33). The fourth-order valence-electron chi connectivity index (χ4n) is 3.88. The molecular formula is C27H27N3O3. The number of hydrogen-bond acceptors (Lipinski definition) is 5. The molecule has 0 amide bonds. The van der Waals surface area contributed by atoms with Crippen molar-refractivity contribution in [3.05, 3.63) is 89.7 Å². The van der Waals surface area contributed by atoms with Crippen molar-refractivity contribution in [3.63, 3.8) is 0 Å². The van der Waals surface area contributed by atoms with Crippen molar-refractivity contribution < 1.29 is 15.0 Å². The lowest BCUT2D eigenvalue weighted by Crippen LogP contribution is -2.05. The average molecular weight is 442 g/mol. The number of aliphatic hydroxyl groups is 1. The Morgan fingerprint density at radius 1 is 0.909 bits per heavy atom. The average Bonchev–Trinajstić information content (AvgIpc) is 2.85. The van der Waals surface area contributed by atoms with Crippen LogP contribution in [0.3, 0.4) is 0 Å². The first-order valence-corrected chi connectivity index (χ1v) is 11.1. The molecule has 0 saturated carbocycles. The monoisotopic (exact) mass is 441 g/mol. The van der Waals surface area contributed by atoms with Crippen molar-refractivity contribution in [2.24, 2.45) is 0 Å². The first kappa shape index (κ1) is 22.4. The summed E-state index contributed by atoms with van der Waals surface area (Å²) in [6.45, 7) is 0.690. The van der Waals surface area contributed by atoms with Gasteiger partial charge in [-0.2, -0.15) is 0 Å². The molecule has 0 bridgehead atoms. The van der Waals surface area contributed by atoms with E-state index in [2.05, 4.69) is 51.7 Å². The van der Waals surface area contributed by atoms with Gasteiger partial charge in [0.2, 0.25) is 0 Å². The molecule has 4 aromatic rings. The Balaban J connectivity index is 1.35. The van der Waals surface area contributed by atoms with Gasteiger partial charge in [0.25, 0.3) is 0 Å². The highest BCUT2D eigenvalue weighted by molar-refractivity contribution is 6.03. The van der Waals surface area contributed by atoms with E-state index in [-0.39, 0.29) is 12.2 Å². The topological polar surface area (TPSA) is 95.3 Å². The minimum atomic E-state index is -0.982.